The second kappa shape index (κ2) is 5.96. The maximum Gasteiger partial charge on any atom is 0.329 e. The van der Waals surface area contributed by atoms with Crippen molar-refractivity contribution < 1.29 is 19.4 Å². The average molecular weight is 314 g/mol. The zero-order valence-electron chi connectivity index (χ0n) is 12.8. The molecule has 1 aromatic heterocycles. The molecule has 1 aliphatic heterocycles. The Morgan fingerprint density at radius 2 is 1.96 bits per heavy atom. The third kappa shape index (κ3) is 2.90. The van der Waals surface area contributed by atoms with E-state index in [2.05, 4.69) is 10.3 Å². The molecule has 6 heteroatoms. The minimum absolute atomic E-state index is 0.255. The van der Waals surface area contributed by atoms with Crippen molar-refractivity contribution in [2.45, 2.75) is 25.3 Å². The molecule has 0 bridgehead atoms. The van der Waals surface area contributed by atoms with Gasteiger partial charge in [0, 0.05) is 37.1 Å². The van der Waals surface area contributed by atoms with Crippen molar-refractivity contribution in [2.24, 2.45) is 0 Å². The van der Waals surface area contributed by atoms with Crippen molar-refractivity contribution in [3.63, 3.8) is 0 Å². The Hall–Kier alpha value is -2.47. The van der Waals surface area contributed by atoms with E-state index in [4.69, 9.17) is 4.74 Å². The number of nitrogens with one attached hydrogen (secondary N) is 1. The molecule has 0 spiro atoms. The lowest BCUT2D eigenvalue weighted by atomic mass is 9.89. The van der Waals surface area contributed by atoms with Gasteiger partial charge in [-0.05, 0) is 19.1 Å². The van der Waals surface area contributed by atoms with E-state index in [1.165, 1.54) is 0 Å². The highest BCUT2D eigenvalue weighted by Gasteiger charge is 2.42. The molecular formula is C17H18N2O4. The third-order valence-electron chi connectivity index (χ3n) is 4.21. The van der Waals surface area contributed by atoms with Crippen molar-refractivity contribution in [1.82, 2.24) is 10.3 Å². The lowest BCUT2D eigenvalue weighted by molar-refractivity contribution is -0.148. The molecule has 3 rings (SSSR count). The number of aromatic nitrogens is 1. The van der Waals surface area contributed by atoms with Gasteiger partial charge in [-0.25, -0.2) is 4.79 Å². The van der Waals surface area contributed by atoms with Crippen LogP contribution in [-0.2, 0) is 9.53 Å². The summed E-state index contributed by atoms with van der Waals surface area (Å²) in [6.45, 7) is 2.49. The van der Waals surface area contributed by atoms with Crippen molar-refractivity contribution in [3.05, 3.63) is 41.6 Å². The number of para-hydroxylation sites is 1. The number of fused-ring (bicyclic) bond motifs is 1. The first-order chi connectivity index (χ1) is 11.0. The number of carboxylic acids is 1. The summed E-state index contributed by atoms with van der Waals surface area (Å²) in [5, 5.41) is 13.1. The monoisotopic (exact) mass is 314 g/mol. The third-order valence-corrected chi connectivity index (χ3v) is 4.21. The highest BCUT2D eigenvalue weighted by Crippen LogP contribution is 2.23. The van der Waals surface area contributed by atoms with Crippen LogP contribution in [0.5, 0.6) is 0 Å². The van der Waals surface area contributed by atoms with E-state index in [-0.39, 0.29) is 12.8 Å². The van der Waals surface area contributed by atoms with E-state index >= 15 is 0 Å². The number of carbonyl (C=O) groups is 2. The van der Waals surface area contributed by atoms with E-state index in [0.717, 1.165) is 11.1 Å². The first-order valence-corrected chi connectivity index (χ1v) is 7.52. The minimum atomic E-state index is -1.28. The molecule has 0 saturated carbocycles. The molecule has 1 aliphatic rings. The van der Waals surface area contributed by atoms with Crippen LogP contribution in [0.2, 0.25) is 0 Å². The lowest BCUT2D eigenvalue weighted by Crippen LogP contribution is -2.57. The van der Waals surface area contributed by atoms with E-state index < -0.39 is 17.4 Å². The molecule has 2 heterocycles. The fraction of sp³-hybridized carbons (Fsp3) is 0.353. The first-order valence-electron chi connectivity index (χ1n) is 7.52. The molecule has 0 atom stereocenters. The van der Waals surface area contributed by atoms with Crippen LogP contribution in [0.25, 0.3) is 10.9 Å². The van der Waals surface area contributed by atoms with Crippen LogP contribution in [0.4, 0.5) is 0 Å². The number of amides is 1. The Morgan fingerprint density at radius 1 is 1.22 bits per heavy atom. The largest absolute Gasteiger partial charge is 0.480 e. The number of aliphatic carboxylic acids is 1. The van der Waals surface area contributed by atoms with Gasteiger partial charge in [-0.15, -0.1) is 0 Å². The van der Waals surface area contributed by atoms with Crippen molar-refractivity contribution in [3.8, 4) is 0 Å². The van der Waals surface area contributed by atoms with Crippen LogP contribution in [0, 0.1) is 6.92 Å². The number of hydrogen-bond acceptors (Lipinski definition) is 4. The van der Waals surface area contributed by atoms with Crippen molar-refractivity contribution in [1.29, 1.82) is 0 Å². The summed E-state index contributed by atoms with van der Waals surface area (Å²) >= 11 is 0. The van der Waals surface area contributed by atoms with Gasteiger partial charge in [-0.2, -0.15) is 0 Å². The Balaban J connectivity index is 1.97. The van der Waals surface area contributed by atoms with Crippen molar-refractivity contribution in [2.75, 3.05) is 13.2 Å². The molecule has 23 heavy (non-hydrogen) atoms. The van der Waals surface area contributed by atoms with Gasteiger partial charge in [0.15, 0.2) is 0 Å². The molecule has 0 unspecified atom stereocenters. The van der Waals surface area contributed by atoms with E-state index in [0.29, 0.717) is 24.3 Å². The second-order valence-electron chi connectivity index (χ2n) is 5.78. The van der Waals surface area contributed by atoms with Gasteiger partial charge in [0.25, 0.3) is 5.91 Å². The Bertz CT molecular complexity index is 766. The topological polar surface area (TPSA) is 88.5 Å². The van der Waals surface area contributed by atoms with Gasteiger partial charge in [-0.3, -0.25) is 9.78 Å². The fourth-order valence-electron chi connectivity index (χ4n) is 2.82. The zero-order chi connectivity index (χ0) is 16.4. The number of benzene rings is 1. The molecule has 0 radical (unpaired) electrons. The SMILES string of the molecule is Cc1ccc2cccc(C(=O)NC3(C(=O)O)CCOCC3)c2n1. The number of aryl methyl sites for hydroxylation is 1. The normalized spacial score (nSPS) is 16.9. The van der Waals surface area contributed by atoms with Gasteiger partial charge in [0.1, 0.15) is 5.54 Å². The van der Waals surface area contributed by atoms with E-state index in [1.807, 2.05) is 25.1 Å². The van der Waals surface area contributed by atoms with Crippen LogP contribution in [0.15, 0.2) is 30.3 Å². The predicted octanol–water partition coefficient (Wildman–Crippen LogP) is 1.91. The molecule has 120 valence electrons. The Morgan fingerprint density at radius 3 is 2.65 bits per heavy atom. The van der Waals surface area contributed by atoms with Crippen LogP contribution in [0.1, 0.15) is 28.9 Å². The van der Waals surface area contributed by atoms with Crippen LogP contribution >= 0.6 is 0 Å². The van der Waals surface area contributed by atoms with E-state index in [1.54, 1.807) is 12.1 Å². The minimum Gasteiger partial charge on any atom is -0.480 e. The number of pyridine rings is 1. The number of carboxylic acid groups (broad SMARTS) is 1. The lowest BCUT2D eigenvalue weighted by Gasteiger charge is -2.33. The second-order valence-corrected chi connectivity index (χ2v) is 5.78. The van der Waals surface area contributed by atoms with Gasteiger partial charge >= 0.3 is 5.97 Å². The number of hydrogen-bond donors (Lipinski definition) is 2. The van der Waals surface area contributed by atoms with Crippen LogP contribution < -0.4 is 5.32 Å². The summed E-state index contributed by atoms with van der Waals surface area (Å²) in [4.78, 5) is 28.8. The molecule has 0 aliphatic carbocycles. The number of carbonyl (C=O) groups excluding carboxylic acids is 1. The maximum atomic E-state index is 12.7. The van der Waals surface area contributed by atoms with Gasteiger partial charge in [-0.1, -0.05) is 18.2 Å². The smallest absolute Gasteiger partial charge is 0.329 e. The molecule has 1 fully saturated rings. The number of ether oxygens (including phenoxy) is 1. The van der Waals surface area contributed by atoms with Gasteiger partial charge in [0.05, 0.1) is 11.1 Å². The molecule has 1 amide bonds. The van der Waals surface area contributed by atoms with Gasteiger partial charge in [0.2, 0.25) is 0 Å². The molecule has 6 nitrogen and oxygen atoms in total. The molecule has 2 N–H and O–H groups in total. The molecule has 2 aromatic rings. The zero-order valence-corrected chi connectivity index (χ0v) is 12.8. The standard InChI is InChI=1S/C17H18N2O4/c1-11-5-6-12-3-2-4-13(14(12)18-11)15(20)19-17(16(21)22)7-9-23-10-8-17/h2-6H,7-10H2,1H3,(H,19,20)(H,21,22). The Kier molecular flexibility index (Phi) is 4.00. The van der Waals surface area contributed by atoms with Crippen LogP contribution in [0.3, 0.4) is 0 Å². The molecule has 1 aromatic carbocycles. The summed E-state index contributed by atoms with van der Waals surface area (Å²) in [6.07, 6.45) is 0.511. The summed E-state index contributed by atoms with van der Waals surface area (Å²) in [5.41, 5.74) is 0.495. The van der Waals surface area contributed by atoms with Gasteiger partial charge < -0.3 is 15.2 Å². The first kappa shape index (κ1) is 15.4. The van der Waals surface area contributed by atoms with Crippen molar-refractivity contribution >= 4 is 22.8 Å². The highest BCUT2D eigenvalue weighted by molar-refractivity contribution is 6.07. The fourth-order valence-corrected chi connectivity index (χ4v) is 2.82. The maximum absolute atomic E-state index is 12.7. The van der Waals surface area contributed by atoms with E-state index in [9.17, 15) is 14.7 Å². The average Bonchev–Trinajstić information content (AvgIpc) is 2.54. The highest BCUT2D eigenvalue weighted by atomic mass is 16.5. The number of nitrogens with zero attached hydrogens (tertiary/aromatic N) is 1. The summed E-state index contributed by atoms with van der Waals surface area (Å²) in [5.74, 6) is -1.45. The number of rotatable bonds is 3. The summed E-state index contributed by atoms with van der Waals surface area (Å²) in [7, 11) is 0. The summed E-state index contributed by atoms with van der Waals surface area (Å²) < 4.78 is 5.22. The van der Waals surface area contributed by atoms with Crippen LogP contribution in [-0.4, -0.2) is 40.7 Å². The predicted molar refractivity (Wildman–Crippen MR) is 84.4 cm³/mol. The summed E-state index contributed by atoms with van der Waals surface area (Å²) in [6, 6.07) is 9.09. The Labute approximate surface area is 133 Å². The molecular weight excluding hydrogens is 296 g/mol. The quantitative estimate of drug-likeness (QED) is 0.903. The molecule has 1 saturated heterocycles.